The van der Waals surface area contributed by atoms with Crippen molar-refractivity contribution in [3.8, 4) is 11.8 Å². The van der Waals surface area contributed by atoms with Gasteiger partial charge in [0, 0.05) is 25.1 Å². The summed E-state index contributed by atoms with van der Waals surface area (Å²) in [5.74, 6) is 0.516. The number of rotatable bonds is 5. The highest BCUT2D eigenvalue weighted by Crippen LogP contribution is 2.17. The van der Waals surface area contributed by atoms with E-state index in [0.29, 0.717) is 24.8 Å². The highest BCUT2D eigenvalue weighted by Gasteiger charge is 2.25. The van der Waals surface area contributed by atoms with E-state index in [1.165, 1.54) is 0 Å². The smallest absolute Gasteiger partial charge is 0.316 e. The van der Waals surface area contributed by atoms with Gasteiger partial charge in [0.1, 0.15) is 11.9 Å². The van der Waals surface area contributed by atoms with Crippen molar-refractivity contribution in [1.82, 2.24) is 19.9 Å². The highest BCUT2D eigenvalue weighted by atomic mass is 79.9. The van der Waals surface area contributed by atoms with Crippen LogP contribution in [0.5, 0.6) is 11.8 Å². The number of likely N-dealkylation sites (tertiary alicyclic amines) is 1. The molecule has 1 fully saturated rings. The van der Waals surface area contributed by atoms with Crippen molar-refractivity contribution in [2.24, 2.45) is 0 Å². The van der Waals surface area contributed by atoms with Crippen LogP contribution in [0.3, 0.4) is 0 Å². The largest absolute Gasteiger partial charge is 0.482 e. The molecule has 1 amide bonds. The average Bonchev–Trinajstić information content (AvgIpc) is 2.63. The minimum atomic E-state index is -0.109. The Kier molecular flexibility index (Phi) is 5.58. The summed E-state index contributed by atoms with van der Waals surface area (Å²) in [7, 11) is 0. The third kappa shape index (κ3) is 4.64. The normalized spacial score (nSPS) is 17.4. The average molecular weight is 393 g/mol. The molecule has 3 rings (SSSR count). The zero-order chi connectivity index (χ0) is 16.8. The Morgan fingerprint density at radius 2 is 2.17 bits per heavy atom. The Hall–Kier alpha value is -2.22. The number of nitrogens with zero attached hydrogens (tertiary/aromatic N) is 4. The lowest BCUT2D eigenvalue weighted by atomic mass is 10.1. The van der Waals surface area contributed by atoms with E-state index < -0.39 is 0 Å². The second kappa shape index (κ2) is 8.05. The first kappa shape index (κ1) is 16.6. The van der Waals surface area contributed by atoms with Crippen LogP contribution in [-0.2, 0) is 4.79 Å². The fraction of sp³-hybridized carbons (Fsp3) is 0.375. The molecule has 0 bridgehead atoms. The van der Waals surface area contributed by atoms with Crippen LogP contribution in [0.1, 0.15) is 12.8 Å². The van der Waals surface area contributed by atoms with Crippen molar-refractivity contribution < 1.29 is 14.3 Å². The second-order valence-corrected chi connectivity index (χ2v) is 6.30. The summed E-state index contributed by atoms with van der Waals surface area (Å²) in [6.45, 7) is 1.21. The Bertz CT molecular complexity index is 669. The zero-order valence-corrected chi connectivity index (χ0v) is 14.6. The Labute approximate surface area is 148 Å². The minimum absolute atomic E-state index is 0.00675. The van der Waals surface area contributed by atoms with Crippen LogP contribution in [0.15, 0.2) is 41.4 Å². The Morgan fingerprint density at radius 1 is 1.33 bits per heavy atom. The predicted octanol–water partition coefficient (Wildman–Crippen LogP) is 2.08. The number of piperidine rings is 1. The SMILES string of the molecule is O=C(COc1cccnc1)N1CCCC(Oc2ncc(Br)cn2)C1. The summed E-state index contributed by atoms with van der Waals surface area (Å²) >= 11 is 3.28. The standard InChI is InChI=1S/C16H17BrN4O3/c17-12-7-19-16(20-8-12)24-14-4-2-6-21(10-14)15(22)11-23-13-3-1-5-18-9-13/h1,3,5,7-9,14H,2,4,6,10-11H2. The fourth-order valence-corrected chi connectivity index (χ4v) is 2.64. The molecular weight excluding hydrogens is 376 g/mol. The maximum atomic E-state index is 12.3. The molecule has 1 unspecified atom stereocenters. The molecule has 0 aromatic carbocycles. The van der Waals surface area contributed by atoms with Crippen LogP contribution in [0.4, 0.5) is 0 Å². The first-order chi connectivity index (χ1) is 11.7. The van der Waals surface area contributed by atoms with Crippen LogP contribution in [0, 0.1) is 0 Å². The van der Waals surface area contributed by atoms with Gasteiger partial charge in [-0.25, -0.2) is 9.97 Å². The number of carbonyl (C=O) groups is 1. The molecule has 1 aliphatic rings. The van der Waals surface area contributed by atoms with Gasteiger partial charge in [-0.05, 0) is 40.9 Å². The molecule has 0 N–H and O–H groups in total. The number of hydrogen-bond acceptors (Lipinski definition) is 6. The Balaban J connectivity index is 1.51. The number of carbonyl (C=O) groups excluding carboxylic acids is 1. The molecule has 2 aromatic heterocycles. The predicted molar refractivity (Wildman–Crippen MR) is 89.7 cm³/mol. The van der Waals surface area contributed by atoms with Gasteiger partial charge < -0.3 is 14.4 Å². The molecule has 3 heterocycles. The number of pyridine rings is 1. The zero-order valence-electron chi connectivity index (χ0n) is 13.0. The molecule has 126 valence electrons. The van der Waals surface area contributed by atoms with Crippen LogP contribution in [0.25, 0.3) is 0 Å². The number of ether oxygens (including phenoxy) is 2. The van der Waals surface area contributed by atoms with Crippen LogP contribution < -0.4 is 9.47 Å². The van der Waals surface area contributed by atoms with E-state index in [4.69, 9.17) is 9.47 Å². The van der Waals surface area contributed by atoms with E-state index in [1.807, 2.05) is 0 Å². The molecule has 0 radical (unpaired) electrons. The molecule has 1 aliphatic heterocycles. The summed E-state index contributed by atoms with van der Waals surface area (Å²) in [6.07, 6.45) is 8.14. The molecule has 1 saturated heterocycles. The highest BCUT2D eigenvalue weighted by molar-refractivity contribution is 9.10. The van der Waals surface area contributed by atoms with Crippen LogP contribution in [-0.4, -0.2) is 51.6 Å². The molecule has 24 heavy (non-hydrogen) atoms. The molecule has 7 nitrogen and oxygen atoms in total. The van der Waals surface area contributed by atoms with E-state index in [-0.39, 0.29) is 18.6 Å². The van der Waals surface area contributed by atoms with Gasteiger partial charge in [0.25, 0.3) is 5.91 Å². The minimum Gasteiger partial charge on any atom is -0.482 e. The van der Waals surface area contributed by atoms with Crippen LogP contribution in [0.2, 0.25) is 0 Å². The van der Waals surface area contributed by atoms with Crippen molar-refractivity contribution in [2.45, 2.75) is 18.9 Å². The quantitative estimate of drug-likeness (QED) is 0.774. The van der Waals surface area contributed by atoms with Crippen LogP contribution >= 0.6 is 15.9 Å². The first-order valence-corrected chi connectivity index (χ1v) is 8.45. The fourth-order valence-electron chi connectivity index (χ4n) is 2.44. The molecule has 0 spiro atoms. The van der Waals surface area contributed by atoms with E-state index in [9.17, 15) is 4.79 Å². The van der Waals surface area contributed by atoms with E-state index >= 15 is 0 Å². The van der Waals surface area contributed by atoms with E-state index in [2.05, 4.69) is 30.9 Å². The summed E-state index contributed by atoms with van der Waals surface area (Å²) in [5, 5.41) is 0. The maximum absolute atomic E-state index is 12.3. The van der Waals surface area contributed by atoms with E-state index in [0.717, 1.165) is 17.3 Å². The number of hydrogen-bond donors (Lipinski definition) is 0. The third-order valence-electron chi connectivity index (χ3n) is 3.60. The van der Waals surface area contributed by atoms with Gasteiger partial charge in [-0.1, -0.05) is 0 Å². The van der Waals surface area contributed by atoms with Gasteiger partial charge in [0.05, 0.1) is 17.2 Å². The molecule has 0 saturated carbocycles. The number of halogens is 1. The molecule has 1 atom stereocenters. The van der Waals surface area contributed by atoms with Crippen molar-refractivity contribution in [2.75, 3.05) is 19.7 Å². The number of aromatic nitrogens is 3. The lowest BCUT2D eigenvalue weighted by Crippen LogP contribution is -2.46. The van der Waals surface area contributed by atoms with Crippen molar-refractivity contribution in [1.29, 1.82) is 0 Å². The summed E-state index contributed by atoms with van der Waals surface area (Å²) in [5.41, 5.74) is 0. The Morgan fingerprint density at radius 3 is 2.92 bits per heavy atom. The van der Waals surface area contributed by atoms with Crippen molar-refractivity contribution >= 4 is 21.8 Å². The van der Waals surface area contributed by atoms with Crippen molar-refractivity contribution in [3.05, 3.63) is 41.4 Å². The van der Waals surface area contributed by atoms with E-state index in [1.54, 1.807) is 41.8 Å². The maximum Gasteiger partial charge on any atom is 0.316 e. The first-order valence-electron chi connectivity index (χ1n) is 7.65. The number of amides is 1. The third-order valence-corrected chi connectivity index (χ3v) is 4.01. The lowest BCUT2D eigenvalue weighted by Gasteiger charge is -2.32. The van der Waals surface area contributed by atoms with Gasteiger partial charge in [-0.3, -0.25) is 9.78 Å². The van der Waals surface area contributed by atoms with Crippen molar-refractivity contribution in [3.63, 3.8) is 0 Å². The molecular formula is C16H17BrN4O3. The van der Waals surface area contributed by atoms with Gasteiger partial charge >= 0.3 is 6.01 Å². The topological polar surface area (TPSA) is 77.4 Å². The summed E-state index contributed by atoms with van der Waals surface area (Å²) in [4.78, 5) is 26.2. The molecule has 8 heteroatoms. The van der Waals surface area contributed by atoms with Gasteiger partial charge in [0.2, 0.25) is 0 Å². The van der Waals surface area contributed by atoms with Gasteiger partial charge in [0.15, 0.2) is 6.61 Å². The summed E-state index contributed by atoms with van der Waals surface area (Å²) in [6, 6.07) is 3.86. The summed E-state index contributed by atoms with van der Waals surface area (Å²) < 4.78 is 12.0. The molecule has 2 aromatic rings. The lowest BCUT2D eigenvalue weighted by molar-refractivity contribution is -0.136. The molecule has 0 aliphatic carbocycles. The monoisotopic (exact) mass is 392 g/mol. The second-order valence-electron chi connectivity index (χ2n) is 5.38. The van der Waals surface area contributed by atoms with Gasteiger partial charge in [-0.2, -0.15) is 0 Å². The van der Waals surface area contributed by atoms with Gasteiger partial charge in [-0.15, -0.1) is 0 Å².